The summed E-state index contributed by atoms with van der Waals surface area (Å²) in [7, 11) is 0. The van der Waals surface area contributed by atoms with Crippen LogP contribution in [-0.2, 0) is 11.2 Å². The van der Waals surface area contributed by atoms with Crippen molar-refractivity contribution in [2.75, 3.05) is 0 Å². The Labute approximate surface area is 102 Å². The third-order valence-electron chi connectivity index (χ3n) is 2.17. The van der Waals surface area contributed by atoms with E-state index >= 15 is 0 Å². The van der Waals surface area contributed by atoms with Gasteiger partial charge in [0.1, 0.15) is 5.78 Å². The highest BCUT2D eigenvalue weighted by Gasteiger charge is 2.16. The molecule has 16 heavy (non-hydrogen) atoms. The van der Waals surface area contributed by atoms with Crippen molar-refractivity contribution in [1.82, 2.24) is 0 Å². The summed E-state index contributed by atoms with van der Waals surface area (Å²) in [4.78, 5) is 10.8. The SMILES string of the molecule is CC(=O)C(Br)c1ccc(C#N)cc1CC#N. The quantitative estimate of drug-likeness (QED) is 0.798. The summed E-state index contributed by atoms with van der Waals surface area (Å²) >= 11 is 3.28. The van der Waals surface area contributed by atoms with E-state index in [0.29, 0.717) is 5.56 Å². The number of nitriles is 2. The van der Waals surface area contributed by atoms with Crippen molar-refractivity contribution >= 4 is 21.7 Å². The molecule has 0 N–H and O–H groups in total. The Morgan fingerprint density at radius 3 is 2.69 bits per heavy atom. The third kappa shape index (κ3) is 2.68. The van der Waals surface area contributed by atoms with E-state index in [9.17, 15) is 4.79 Å². The summed E-state index contributed by atoms with van der Waals surface area (Å²) in [6.07, 6.45) is 0.195. The Balaban J connectivity index is 3.24. The molecular weight excluding hydrogens is 268 g/mol. The van der Waals surface area contributed by atoms with Crippen LogP contribution in [0.4, 0.5) is 0 Å². The molecule has 0 bridgehead atoms. The number of halogens is 1. The van der Waals surface area contributed by atoms with Gasteiger partial charge in [-0.1, -0.05) is 22.0 Å². The van der Waals surface area contributed by atoms with E-state index in [-0.39, 0.29) is 12.2 Å². The van der Waals surface area contributed by atoms with E-state index in [2.05, 4.69) is 15.9 Å². The van der Waals surface area contributed by atoms with Crippen LogP contribution < -0.4 is 0 Å². The van der Waals surface area contributed by atoms with Crippen molar-refractivity contribution in [2.45, 2.75) is 18.2 Å². The second kappa shape index (κ2) is 5.44. The summed E-state index contributed by atoms with van der Waals surface area (Å²) in [5, 5.41) is 17.5. The van der Waals surface area contributed by atoms with Gasteiger partial charge in [0.05, 0.1) is 28.9 Å². The van der Waals surface area contributed by atoms with Crippen LogP contribution in [0.3, 0.4) is 0 Å². The van der Waals surface area contributed by atoms with Crippen LogP contribution in [0.5, 0.6) is 0 Å². The Morgan fingerprint density at radius 2 is 2.19 bits per heavy atom. The van der Waals surface area contributed by atoms with Crippen molar-refractivity contribution in [3.05, 3.63) is 34.9 Å². The number of alkyl halides is 1. The predicted molar refractivity (Wildman–Crippen MR) is 62.8 cm³/mol. The maximum absolute atomic E-state index is 11.3. The van der Waals surface area contributed by atoms with Gasteiger partial charge in [-0.15, -0.1) is 0 Å². The van der Waals surface area contributed by atoms with E-state index in [0.717, 1.165) is 11.1 Å². The lowest BCUT2D eigenvalue weighted by Crippen LogP contribution is -2.05. The molecule has 4 heteroatoms. The molecule has 0 aliphatic carbocycles. The molecule has 1 rings (SSSR count). The zero-order chi connectivity index (χ0) is 12.1. The molecule has 1 aromatic rings. The first-order valence-corrected chi connectivity index (χ1v) is 5.56. The molecule has 80 valence electrons. The lowest BCUT2D eigenvalue weighted by atomic mass is 9.98. The number of Topliss-reactive ketones (excluding diaryl/α,β-unsaturated/α-hetero) is 1. The first-order chi connectivity index (χ1) is 7.60. The maximum atomic E-state index is 11.3. The Kier molecular flexibility index (Phi) is 4.22. The molecule has 0 heterocycles. The molecule has 0 radical (unpaired) electrons. The number of nitrogens with zero attached hydrogens (tertiary/aromatic N) is 2. The van der Waals surface area contributed by atoms with Crippen molar-refractivity contribution in [2.24, 2.45) is 0 Å². The van der Waals surface area contributed by atoms with Crippen LogP contribution >= 0.6 is 15.9 Å². The molecule has 0 saturated carbocycles. The number of rotatable bonds is 3. The fraction of sp³-hybridized carbons (Fsp3) is 0.250. The Morgan fingerprint density at radius 1 is 1.50 bits per heavy atom. The minimum Gasteiger partial charge on any atom is -0.298 e. The van der Waals surface area contributed by atoms with Gasteiger partial charge in [-0.2, -0.15) is 10.5 Å². The molecule has 0 aromatic heterocycles. The van der Waals surface area contributed by atoms with Crippen LogP contribution in [-0.4, -0.2) is 5.78 Å². The minimum absolute atomic E-state index is 0.0242. The van der Waals surface area contributed by atoms with E-state index in [4.69, 9.17) is 10.5 Å². The number of benzene rings is 1. The molecule has 0 aliphatic rings. The van der Waals surface area contributed by atoms with Crippen molar-refractivity contribution in [1.29, 1.82) is 10.5 Å². The van der Waals surface area contributed by atoms with Gasteiger partial charge in [0.15, 0.2) is 0 Å². The summed E-state index contributed by atoms with van der Waals surface area (Å²) < 4.78 is 0. The Bertz CT molecular complexity index is 497. The van der Waals surface area contributed by atoms with Gasteiger partial charge in [-0.05, 0) is 30.2 Å². The van der Waals surface area contributed by atoms with Gasteiger partial charge in [-0.25, -0.2) is 0 Å². The molecule has 0 aliphatic heterocycles. The van der Waals surface area contributed by atoms with Crippen molar-refractivity contribution in [3.8, 4) is 12.1 Å². The van der Waals surface area contributed by atoms with Gasteiger partial charge in [0.25, 0.3) is 0 Å². The monoisotopic (exact) mass is 276 g/mol. The topological polar surface area (TPSA) is 64.7 Å². The zero-order valence-electron chi connectivity index (χ0n) is 8.70. The summed E-state index contributed by atoms with van der Waals surface area (Å²) in [6, 6.07) is 9.05. The molecule has 1 unspecified atom stereocenters. The lowest BCUT2D eigenvalue weighted by molar-refractivity contribution is -0.116. The number of hydrogen-bond acceptors (Lipinski definition) is 3. The third-order valence-corrected chi connectivity index (χ3v) is 3.31. The van der Waals surface area contributed by atoms with Crippen LogP contribution in [0.1, 0.15) is 28.4 Å². The van der Waals surface area contributed by atoms with Crippen molar-refractivity contribution < 1.29 is 4.79 Å². The van der Waals surface area contributed by atoms with E-state index in [1.165, 1.54) is 6.92 Å². The van der Waals surface area contributed by atoms with Gasteiger partial charge in [0.2, 0.25) is 0 Å². The van der Waals surface area contributed by atoms with E-state index in [1.807, 2.05) is 12.1 Å². The van der Waals surface area contributed by atoms with Crippen LogP contribution in [0.25, 0.3) is 0 Å². The van der Waals surface area contributed by atoms with Crippen LogP contribution in [0.15, 0.2) is 18.2 Å². The normalized spacial score (nSPS) is 11.2. The molecular formula is C12H9BrN2O. The second-order valence-corrected chi connectivity index (χ2v) is 4.25. The van der Waals surface area contributed by atoms with Gasteiger partial charge in [0, 0.05) is 0 Å². The number of ketones is 1. The maximum Gasteiger partial charge on any atom is 0.147 e. The smallest absolute Gasteiger partial charge is 0.147 e. The van der Waals surface area contributed by atoms with Gasteiger partial charge >= 0.3 is 0 Å². The number of carbonyl (C=O) groups excluding carboxylic acids is 1. The summed E-state index contributed by atoms with van der Waals surface area (Å²) in [5.74, 6) is -0.0242. The molecule has 0 spiro atoms. The molecule has 0 amide bonds. The first kappa shape index (κ1) is 12.4. The standard InChI is InChI=1S/C12H9BrN2O/c1-8(16)12(13)11-3-2-9(7-15)6-10(11)4-5-14/h2-3,6,12H,4H2,1H3. The predicted octanol–water partition coefficient (Wildman–Crippen LogP) is 2.65. The molecule has 0 fully saturated rings. The highest BCUT2D eigenvalue weighted by Crippen LogP contribution is 2.27. The zero-order valence-corrected chi connectivity index (χ0v) is 10.3. The second-order valence-electron chi connectivity index (χ2n) is 3.33. The highest BCUT2D eigenvalue weighted by molar-refractivity contribution is 9.09. The fourth-order valence-corrected chi connectivity index (χ4v) is 1.83. The first-order valence-electron chi connectivity index (χ1n) is 4.64. The van der Waals surface area contributed by atoms with Crippen LogP contribution in [0, 0.1) is 22.7 Å². The largest absolute Gasteiger partial charge is 0.298 e. The average molecular weight is 277 g/mol. The molecule has 1 atom stereocenters. The number of hydrogen-bond donors (Lipinski definition) is 0. The average Bonchev–Trinajstić information content (AvgIpc) is 2.28. The van der Waals surface area contributed by atoms with E-state index < -0.39 is 4.83 Å². The fourth-order valence-electron chi connectivity index (χ4n) is 1.38. The Hall–Kier alpha value is -1.65. The number of carbonyl (C=O) groups is 1. The van der Waals surface area contributed by atoms with E-state index in [1.54, 1.807) is 18.2 Å². The summed E-state index contributed by atoms with van der Waals surface area (Å²) in [6.45, 7) is 1.48. The molecule has 3 nitrogen and oxygen atoms in total. The van der Waals surface area contributed by atoms with Crippen molar-refractivity contribution in [3.63, 3.8) is 0 Å². The minimum atomic E-state index is -0.413. The van der Waals surface area contributed by atoms with Crippen LogP contribution in [0.2, 0.25) is 0 Å². The highest BCUT2D eigenvalue weighted by atomic mass is 79.9. The molecule has 1 aromatic carbocycles. The molecule has 0 saturated heterocycles. The summed E-state index contributed by atoms with van der Waals surface area (Å²) in [5.41, 5.74) is 1.98. The lowest BCUT2D eigenvalue weighted by Gasteiger charge is -2.11. The van der Waals surface area contributed by atoms with Gasteiger partial charge in [-0.3, -0.25) is 4.79 Å². The van der Waals surface area contributed by atoms with Gasteiger partial charge < -0.3 is 0 Å².